The molecule has 0 spiro atoms. The van der Waals surface area contributed by atoms with Crippen molar-refractivity contribution in [2.75, 3.05) is 12.0 Å². The van der Waals surface area contributed by atoms with Gasteiger partial charge in [0.1, 0.15) is 12.4 Å². The first-order valence-corrected chi connectivity index (χ1v) is 10.2. The lowest BCUT2D eigenvalue weighted by molar-refractivity contribution is 0.269. The molecule has 0 bridgehead atoms. The number of aromatic nitrogens is 3. The van der Waals surface area contributed by atoms with E-state index < -0.39 is 0 Å². The molecule has 0 aliphatic heterocycles. The molecule has 0 aliphatic rings. The van der Waals surface area contributed by atoms with Crippen LogP contribution in [0.1, 0.15) is 29.4 Å². The number of H-pyrrole nitrogens is 1. The highest BCUT2D eigenvalue weighted by atomic mass is 79.9. The number of halogens is 1. The Kier molecular flexibility index (Phi) is 6.74. The Balaban J connectivity index is 1.77. The molecule has 6 nitrogen and oxygen atoms in total. The molecule has 0 aliphatic carbocycles. The number of benzene rings is 2. The van der Waals surface area contributed by atoms with E-state index >= 15 is 0 Å². The maximum absolute atomic E-state index is 6.03. The van der Waals surface area contributed by atoms with Crippen LogP contribution in [0, 0.1) is 18.6 Å². The molecule has 148 valence electrons. The molecule has 1 aromatic heterocycles. The number of nitrogens with zero attached hydrogens (tertiary/aromatic N) is 2. The molecule has 28 heavy (non-hydrogen) atoms. The van der Waals surface area contributed by atoms with Gasteiger partial charge in [-0.05, 0) is 56.2 Å². The third kappa shape index (κ3) is 4.94. The SMILES string of the molecule is CCOc1cc(CNn2c(C)n[nH]c2=S)c(Br)cc1OCc1ccc(C)cc1. The van der Waals surface area contributed by atoms with E-state index in [2.05, 4.69) is 62.7 Å². The van der Waals surface area contributed by atoms with E-state index in [1.807, 2.05) is 26.0 Å². The average Bonchev–Trinajstić information content (AvgIpc) is 3.00. The van der Waals surface area contributed by atoms with Crippen LogP contribution >= 0.6 is 28.1 Å². The van der Waals surface area contributed by atoms with Gasteiger partial charge in [0.15, 0.2) is 11.5 Å². The van der Waals surface area contributed by atoms with Crippen LogP contribution in [-0.4, -0.2) is 21.5 Å². The van der Waals surface area contributed by atoms with Gasteiger partial charge in [-0.15, -0.1) is 0 Å². The average molecular weight is 463 g/mol. The van der Waals surface area contributed by atoms with Crippen molar-refractivity contribution < 1.29 is 9.47 Å². The topological polar surface area (TPSA) is 64.1 Å². The van der Waals surface area contributed by atoms with Gasteiger partial charge in [0, 0.05) is 4.47 Å². The van der Waals surface area contributed by atoms with Crippen LogP contribution in [0.15, 0.2) is 40.9 Å². The zero-order valence-corrected chi connectivity index (χ0v) is 18.5. The number of nitrogens with one attached hydrogen (secondary N) is 2. The van der Waals surface area contributed by atoms with Crippen molar-refractivity contribution in [3.8, 4) is 11.5 Å². The zero-order chi connectivity index (χ0) is 20.1. The summed E-state index contributed by atoms with van der Waals surface area (Å²) in [4.78, 5) is 0. The lowest BCUT2D eigenvalue weighted by Gasteiger charge is -2.16. The summed E-state index contributed by atoms with van der Waals surface area (Å²) < 4.78 is 15.0. The van der Waals surface area contributed by atoms with Crippen molar-refractivity contribution in [1.29, 1.82) is 0 Å². The van der Waals surface area contributed by atoms with Crippen molar-refractivity contribution in [3.63, 3.8) is 0 Å². The second-order valence-electron chi connectivity index (χ2n) is 6.34. The fourth-order valence-corrected chi connectivity index (χ4v) is 3.37. The second-order valence-corrected chi connectivity index (χ2v) is 7.58. The summed E-state index contributed by atoms with van der Waals surface area (Å²) >= 11 is 8.86. The number of ether oxygens (including phenoxy) is 2. The van der Waals surface area contributed by atoms with Gasteiger partial charge in [0.25, 0.3) is 0 Å². The lowest BCUT2D eigenvalue weighted by Crippen LogP contribution is -2.16. The number of rotatable bonds is 8. The van der Waals surface area contributed by atoms with Gasteiger partial charge in [-0.2, -0.15) is 5.10 Å². The van der Waals surface area contributed by atoms with Crippen LogP contribution in [0.25, 0.3) is 0 Å². The zero-order valence-electron chi connectivity index (χ0n) is 16.1. The Morgan fingerprint density at radius 1 is 1.14 bits per heavy atom. The lowest BCUT2D eigenvalue weighted by atomic mass is 10.1. The van der Waals surface area contributed by atoms with Crippen LogP contribution in [0.4, 0.5) is 0 Å². The van der Waals surface area contributed by atoms with Gasteiger partial charge in [-0.25, -0.2) is 4.68 Å². The Morgan fingerprint density at radius 2 is 1.86 bits per heavy atom. The summed E-state index contributed by atoms with van der Waals surface area (Å²) in [7, 11) is 0. The molecule has 0 radical (unpaired) electrons. The van der Waals surface area contributed by atoms with Crippen molar-refractivity contribution in [2.45, 2.75) is 33.9 Å². The fourth-order valence-electron chi connectivity index (χ4n) is 2.67. The Labute approximate surface area is 178 Å². The number of hydrogen-bond acceptors (Lipinski definition) is 5. The van der Waals surface area contributed by atoms with E-state index in [1.165, 1.54) is 5.56 Å². The maximum Gasteiger partial charge on any atom is 0.214 e. The highest BCUT2D eigenvalue weighted by Gasteiger charge is 2.12. The van der Waals surface area contributed by atoms with Gasteiger partial charge in [0.2, 0.25) is 4.77 Å². The highest BCUT2D eigenvalue weighted by molar-refractivity contribution is 9.10. The quantitative estimate of drug-likeness (QED) is 0.459. The van der Waals surface area contributed by atoms with Gasteiger partial charge in [0.05, 0.1) is 13.2 Å². The normalized spacial score (nSPS) is 10.7. The fraction of sp³-hybridized carbons (Fsp3) is 0.300. The summed E-state index contributed by atoms with van der Waals surface area (Å²) in [6, 6.07) is 12.2. The molecule has 0 unspecified atom stereocenters. The van der Waals surface area contributed by atoms with Crippen LogP contribution < -0.4 is 14.9 Å². The summed E-state index contributed by atoms with van der Waals surface area (Å²) in [6.07, 6.45) is 0. The van der Waals surface area contributed by atoms with Crippen LogP contribution in [0.3, 0.4) is 0 Å². The highest BCUT2D eigenvalue weighted by Crippen LogP contribution is 2.34. The molecule has 1 heterocycles. The van der Waals surface area contributed by atoms with Gasteiger partial charge < -0.3 is 14.9 Å². The van der Waals surface area contributed by atoms with Crippen LogP contribution in [-0.2, 0) is 13.2 Å². The molecule has 2 aromatic carbocycles. The van der Waals surface area contributed by atoms with E-state index in [4.69, 9.17) is 21.7 Å². The molecule has 0 saturated carbocycles. The molecule has 0 atom stereocenters. The first-order chi connectivity index (χ1) is 13.5. The van der Waals surface area contributed by atoms with Crippen LogP contribution in [0.2, 0.25) is 0 Å². The molecule has 0 saturated heterocycles. The third-order valence-electron chi connectivity index (χ3n) is 4.20. The predicted molar refractivity (Wildman–Crippen MR) is 116 cm³/mol. The molecular formula is C20H23BrN4O2S. The Hall–Kier alpha value is -2.32. The van der Waals surface area contributed by atoms with Crippen molar-refractivity contribution >= 4 is 28.1 Å². The summed E-state index contributed by atoms with van der Waals surface area (Å²) in [5.41, 5.74) is 6.62. The van der Waals surface area contributed by atoms with E-state index in [0.717, 1.165) is 21.4 Å². The molecule has 3 aromatic rings. The number of hydrogen-bond donors (Lipinski definition) is 2. The summed E-state index contributed by atoms with van der Waals surface area (Å²) in [6.45, 7) is 7.49. The molecule has 2 N–H and O–H groups in total. The Bertz CT molecular complexity index is 998. The van der Waals surface area contributed by atoms with Crippen molar-refractivity contribution in [3.05, 3.63) is 68.2 Å². The first-order valence-electron chi connectivity index (χ1n) is 8.99. The monoisotopic (exact) mass is 462 g/mol. The maximum atomic E-state index is 6.03. The summed E-state index contributed by atoms with van der Waals surface area (Å²) in [5.74, 6) is 2.18. The Morgan fingerprint density at radius 3 is 2.50 bits per heavy atom. The van der Waals surface area contributed by atoms with Gasteiger partial charge in [-0.3, -0.25) is 5.10 Å². The van der Waals surface area contributed by atoms with Crippen molar-refractivity contribution in [2.24, 2.45) is 0 Å². The minimum absolute atomic E-state index is 0.480. The van der Waals surface area contributed by atoms with E-state index in [0.29, 0.717) is 36.0 Å². The molecule has 0 amide bonds. The molecule has 3 rings (SSSR count). The van der Waals surface area contributed by atoms with E-state index in [1.54, 1.807) is 4.68 Å². The molecule has 0 fully saturated rings. The molecular weight excluding hydrogens is 440 g/mol. The predicted octanol–water partition coefficient (Wildman–Crippen LogP) is 5.04. The first kappa shape index (κ1) is 20.4. The summed E-state index contributed by atoms with van der Waals surface area (Å²) in [5, 5.41) is 6.86. The van der Waals surface area contributed by atoms with E-state index in [9.17, 15) is 0 Å². The van der Waals surface area contributed by atoms with Gasteiger partial charge >= 0.3 is 0 Å². The van der Waals surface area contributed by atoms with E-state index in [-0.39, 0.29) is 0 Å². The van der Waals surface area contributed by atoms with Gasteiger partial charge in [-0.1, -0.05) is 45.8 Å². The smallest absolute Gasteiger partial charge is 0.214 e. The largest absolute Gasteiger partial charge is 0.490 e. The van der Waals surface area contributed by atoms with Crippen LogP contribution in [0.5, 0.6) is 11.5 Å². The standard InChI is InChI=1S/C20H23BrN4O2S/c1-4-26-18-9-16(11-22-25-14(3)23-24-20(25)28)17(21)10-19(18)27-12-15-7-5-13(2)6-8-15/h5-10,22H,4,11-12H2,1-3H3,(H,24,28). The number of aromatic amines is 1. The van der Waals surface area contributed by atoms with Crippen molar-refractivity contribution in [1.82, 2.24) is 14.9 Å². The number of aryl methyl sites for hydroxylation is 2. The minimum Gasteiger partial charge on any atom is -0.490 e. The third-order valence-corrected chi connectivity index (χ3v) is 5.21. The second kappa shape index (κ2) is 9.25. The molecule has 8 heteroatoms. The minimum atomic E-state index is 0.480.